The first-order valence-corrected chi connectivity index (χ1v) is 9.18. The third-order valence-electron chi connectivity index (χ3n) is 3.20. The molecular formula is C15H17N3O2S2. The molecule has 0 saturated carbocycles. The molecule has 0 unspecified atom stereocenters. The van der Waals surface area contributed by atoms with Gasteiger partial charge in [0, 0.05) is 5.41 Å². The molecule has 0 fully saturated rings. The van der Waals surface area contributed by atoms with Crippen molar-refractivity contribution in [3.8, 4) is 0 Å². The van der Waals surface area contributed by atoms with E-state index < -0.39 is 10.0 Å². The number of benzene rings is 1. The summed E-state index contributed by atoms with van der Waals surface area (Å²) < 4.78 is 27.4. The molecule has 2 heterocycles. The minimum atomic E-state index is -3.53. The van der Waals surface area contributed by atoms with Crippen LogP contribution in [0.4, 0.5) is 5.69 Å². The summed E-state index contributed by atoms with van der Waals surface area (Å²) in [5.41, 5.74) is 2.07. The molecular weight excluding hydrogens is 318 g/mol. The highest BCUT2D eigenvalue weighted by Gasteiger charge is 2.19. The maximum atomic E-state index is 12.2. The van der Waals surface area contributed by atoms with Gasteiger partial charge < -0.3 is 4.98 Å². The maximum Gasteiger partial charge on any atom is 0.271 e. The largest absolute Gasteiger partial charge is 0.341 e. The van der Waals surface area contributed by atoms with Gasteiger partial charge in [0.2, 0.25) is 0 Å². The van der Waals surface area contributed by atoms with E-state index in [9.17, 15) is 8.42 Å². The number of nitrogens with zero attached hydrogens (tertiary/aromatic N) is 1. The lowest BCUT2D eigenvalue weighted by Gasteiger charge is -2.13. The molecule has 0 amide bonds. The molecule has 7 heteroatoms. The molecule has 1 aromatic carbocycles. The van der Waals surface area contributed by atoms with Crippen LogP contribution in [0.5, 0.6) is 0 Å². The molecule has 0 aliphatic carbocycles. The number of sulfonamides is 1. The molecule has 0 atom stereocenters. The molecule has 3 rings (SSSR count). The Morgan fingerprint density at radius 3 is 2.64 bits per heavy atom. The fourth-order valence-electron chi connectivity index (χ4n) is 2.05. The van der Waals surface area contributed by atoms with Gasteiger partial charge in [-0.3, -0.25) is 4.72 Å². The maximum absolute atomic E-state index is 12.2. The van der Waals surface area contributed by atoms with Gasteiger partial charge in [0.15, 0.2) is 0 Å². The van der Waals surface area contributed by atoms with Crippen molar-refractivity contribution in [1.82, 2.24) is 9.97 Å². The zero-order valence-corrected chi connectivity index (χ0v) is 14.2. The van der Waals surface area contributed by atoms with Crippen LogP contribution in [0.25, 0.3) is 11.0 Å². The highest BCUT2D eigenvalue weighted by molar-refractivity contribution is 7.94. The number of nitrogens with one attached hydrogen (secondary N) is 2. The number of hydrogen-bond acceptors (Lipinski definition) is 4. The molecule has 0 saturated heterocycles. The van der Waals surface area contributed by atoms with Gasteiger partial charge >= 0.3 is 0 Å². The topological polar surface area (TPSA) is 74.8 Å². The van der Waals surface area contributed by atoms with Gasteiger partial charge in [-0.05, 0) is 29.6 Å². The van der Waals surface area contributed by atoms with Crippen LogP contribution in [-0.2, 0) is 15.4 Å². The Bertz CT molecular complexity index is 904. The van der Waals surface area contributed by atoms with Crippen molar-refractivity contribution in [1.29, 1.82) is 0 Å². The number of aromatic amines is 1. The Labute approximate surface area is 133 Å². The second-order valence-corrected chi connectivity index (χ2v) is 8.96. The van der Waals surface area contributed by atoms with E-state index in [1.165, 1.54) is 11.3 Å². The van der Waals surface area contributed by atoms with Crippen LogP contribution in [0, 0.1) is 0 Å². The Morgan fingerprint density at radius 1 is 1.23 bits per heavy atom. The van der Waals surface area contributed by atoms with Crippen LogP contribution in [0.2, 0.25) is 0 Å². The van der Waals surface area contributed by atoms with Crippen molar-refractivity contribution in [3.63, 3.8) is 0 Å². The van der Waals surface area contributed by atoms with E-state index in [0.29, 0.717) is 9.90 Å². The fourth-order valence-corrected chi connectivity index (χ4v) is 4.09. The molecule has 0 aliphatic heterocycles. The van der Waals surface area contributed by atoms with Crippen molar-refractivity contribution in [3.05, 3.63) is 41.5 Å². The standard InChI is InChI=1S/C15H17N3O2S2/c1-15(2,3)14-16-11-7-6-10(9-12(11)17-14)18-22(19,20)13-5-4-8-21-13/h4-9,18H,1-3H3,(H,16,17). The first-order valence-electron chi connectivity index (χ1n) is 6.82. The van der Waals surface area contributed by atoms with Crippen LogP contribution in [0.1, 0.15) is 26.6 Å². The van der Waals surface area contributed by atoms with Crippen LogP contribution in [-0.4, -0.2) is 18.4 Å². The molecule has 22 heavy (non-hydrogen) atoms. The summed E-state index contributed by atoms with van der Waals surface area (Å²) >= 11 is 1.19. The van der Waals surface area contributed by atoms with E-state index in [-0.39, 0.29) is 5.41 Å². The molecule has 2 N–H and O–H groups in total. The van der Waals surface area contributed by atoms with Crippen LogP contribution < -0.4 is 4.72 Å². The normalized spacial score (nSPS) is 12.7. The van der Waals surface area contributed by atoms with E-state index >= 15 is 0 Å². The van der Waals surface area contributed by atoms with Crippen molar-refractivity contribution in [2.24, 2.45) is 0 Å². The minimum Gasteiger partial charge on any atom is -0.341 e. The number of imidazole rings is 1. The second-order valence-electron chi connectivity index (χ2n) is 6.10. The zero-order valence-electron chi connectivity index (χ0n) is 12.5. The van der Waals surface area contributed by atoms with Gasteiger partial charge in [0.25, 0.3) is 10.0 Å². The third-order valence-corrected chi connectivity index (χ3v) is 5.98. The number of H-pyrrole nitrogens is 1. The Morgan fingerprint density at radius 2 is 2.00 bits per heavy atom. The van der Waals surface area contributed by atoms with E-state index in [1.807, 2.05) is 6.07 Å². The molecule has 0 spiro atoms. The number of aromatic nitrogens is 2. The van der Waals surface area contributed by atoms with Gasteiger partial charge in [-0.15, -0.1) is 11.3 Å². The van der Waals surface area contributed by atoms with Crippen molar-refractivity contribution in [2.45, 2.75) is 30.4 Å². The summed E-state index contributed by atoms with van der Waals surface area (Å²) in [7, 11) is -3.53. The average molecular weight is 335 g/mol. The highest BCUT2D eigenvalue weighted by Crippen LogP contribution is 2.26. The van der Waals surface area contributed by atoms with Crippen LogP contribution >= 0.6 is 11.3 Å². The Kier molecular flexibility index (Phi) is 3.49. The number of anilines is 1. The second kappa shape index (κ2) is 5.10. The van der Waals surface area contributed by atoms with E-state index in [1.54, 1.807) is 29.6 Å². The van der Waals surface area contributed by atoms with Crippen LogP contribution in [0.15, 0.2) is 39.9 Å². The zero-order chi connectivity index (χ0) is 16.0. The number of thiophene rings is 1. The van der Waals surface area contributed by atoms with Gasteiger partial charge in [0.1, 0.15) is 10.0 Å². The monoisotopic (exact) mass is 335 g/mol. The Hall–Kier alpha value is -1.86. The van der Waals surface area contributed by atoms with Crippen molar-refractivity contribution in [2.75, 3.05) is 4.72 Å². The molecule has 5 nitrogen and oxygen atoms in total. The summed E-state index contributed by atoms with van der Waals surface area (Å²) in [6.45, 7) is 6.22. The number of hydrogen-bond donors (Lipinski definition) is 2. The van der Waals surface area contributed by atoms with E-state index in [0.717, 1.165) is 16.9 Å². The van der Waals surface area contributed by atoms with E-state index in [4.69, 9.17) is 0 Å². The number of rotatable bonds is 3. The smallest absolute Gasteiger partial charge is 0.271 e. The molecule has 0 radical (unpaired) electrons. The SMILES string of the molecule is CC(C)(C)c1nc2ccc(NS(=O)(=O)c3cccs3)cc2[nH]1. The van der Waals surface area contributed by atoms with Crippen molar-refractivity contribution >= 4 is 38.1 Å². The third kappa shape index (κ3) is 2.86. The lowest BCUT2D eigenvalue weighted by atomic mass is 9.96. The summed E-state index contributed by atoms with van der Waals surface area (Å²) in [6, 6.07) is 8.60. The molecule has 0 aliphatic rings. The average Bonchev–Trinajstić information content (AvgIpc) is 3.06. The predicted octanol–water partition coefficient (Wildman–Crippen LogP) is 3.72. The number of fused-ring (bicyclic) bond motifs is 1. The molecule has 116 valence electrons. The first-order chi connectivity index (χ1) is 10.3. The van der Waals surface area contributed by atoms with Crippen LogP contribution in [0.3, 0.4) is 0 Å². The van der Waals surface area contributed by atoms with E-state index in [2.05, 4.69) is 35.5 Å². The quantitative estimate of drug-likeness (QED) is 0.766. The first kappa shape index (κ1) is 15.1. The summed E-state index contributed by atoms with van der Waals surface area (Å²) in [4.78, 5) is 7.79. The molecule has 3 aromatic rings. The van der Waals surface area contributed by atoms with Gasteiger partial charge in [-0.1, -0.05) is 26.8 Å². The molecule has 0 bridgehead atoms. The van der Waals surface area contributed by atoms with Gasteiger partial charge in [0.05, 0.1) is 16.7 Å². The predicted molar refractivity (Wildman–Crippen MR) is 89.9 cm³/mol. The lowest BCUT2D eigenvalue weighted by Crippen LogP contribution is -2.12. The lowest BCUT2D eigenvalue weighted by molar-refractivity contribution is 0.554. The highest BCUT2D eigenvalue weighted by atomic mass is 32.2. The fraction of sp³-hybridized carbons (Fsp3) is 0.267. The Balaban J connectivity index is 1.96. The van der Waals surface area contributed by atoms with Gasteiger partial charge in [-0.25, -0.2) is 13.4 Å². The summed E-state index contributed by atoms with van der Waals surface area (Å²) in [5, 5.41) is 1.74. The summed E-state index contributed by atoms with van der Waals surface area (Å²) in [5.74, 6) is 0.876. The van der Waals surface area contributed by atoms with Gasteiger partial charge in [-0.2, -0.15) is 0 Å². The molecule has 2 aromatic heterocycles. The minimum absolute atomic E-state index is 0.0876. The summed E-state index contributed by atoms with van der Waals surface area (Å²) in [6.07, 6.45) is 0. The van der Waals surface area contributed by atoms with Crippen molar-refractivity contribution < 1.29 is 8.42 Å².